The lowest BCUT2D eigenvalue weighted by atomic mass is 9.97. The highest BCUT2D eigenvalue weighted by Gasteiger charge is 2.15. The molecule has 3 heteroatoms. The maximum atomic E-state index is 13.6. The molecule has 0 bridgehead atoms. The third kappa shape index (κ3) is 2.70. The summed E-state index contributed by atoms with van der Waals surface area (Å²) < 4.78 is 13.6. The van der Waals surface area contributed by atoms with Crippen molar-refractivity contribution in [1.82, 2.24) is 5.32 Å². The Hall–Kier alpha value is -0.600. The van der Waals surface area contributed by atoms with Crippen LogP contribution in [-0.2, 0) is 6.42 Å². The monoisotopic (exact) mass is 227 g/mol. The number of nitrogens with one attached hydrogen (secondary N) is 1. The molecule has 1 nitrogen and oxygen atoms in total. The van der Waals surface area contributed by atoms with Crippen LogP contribution < -0.4 is 5.32 Å². The van der Waals surface area contributed by atoms with Gasteiger partial charge >= 0.3 is 0 Å². The van der Waals surface area contributed by atoms with Crippen molar-refractivity contribution < 1.29 is 4.39 Å². The van der Waals surface area contributed by atoms with E-state index in [4.69, 9.17) is 11.6 Å². The fourth-order valence-corrected chi connectivity index (χ4v) is 2.26. The molecule has 1 atom stereocenters. The smallest absolute Gasteiger partial charge is 0.145 e. The summed E-state index contributed by atoms with van der Waals surface area (Å²) in [7, 11) is 0. The average Bonchev–Trinajstić information content (AvgIpc) is 2.26. The minimum atomic E-state index is -0.258. The van der Waals surface area contributed by atoms with Crippen LogP contribution in [0.1, 0.15) is 24.8 Å². The van der Waals surface area contributed by atoms with E-state index in [9.17, 15) is 4.39 Å². The molecule has 0 spiro atoms. The van der Waals surface area contributed by atoms with Crippen molar-refractivity contribution in [2.24, 2.45) is 0 Å². The molecule has 0 radical (unpaired) electrons. The fourth-order valence-electron chi connectivity index (χ4n) is 2.07. The van der Waals surface area contributed by atoms with Crippen molar-refractivity contribution in [1.29, 1.82) is 0 Å². The zero-order chi connectivity index (χ0) is 10.7. The van der Waals surface area contributed by atoms with E-state index < -0.39 is 0 Å². The predicted molar refractivity (Wildman–Crippen MR) is 60.8 cm³/mol. The van der Waals surface area contributed by atoms with Crippen molar-refractivity contribution in [3.8, 4) is 0 Å². The zero-order valence-corrected chi connectivity index (χ0v) is 9.36. The topological polar surface area (TPSA) is 12.0 Å². The Bertz CT molecular complexity index is 334. The molecule has 0 amide bonds. The molecule has 1 heterocycles. The Kier molecular flexibility index (Phi) is 3.60. The van der Waals surface area contributed by atoms with Gasteiger partial charge in [-0.15, -0.1) is 0 Å². The molecule has 2 rings (SSSR count). The van der Waals surface area contributed by atoms with Gasteiger partial charge in [0.25, 0.3) is 0 Å². The Labute approximate surface area is 94.6 Å². The summed E-state index contributed by atoms with van der Waals surface area (Å²) in [6, 6.07) is 5.63. The van der Waals surface area contributed by atoms with E-state index in [-0.39, 0.29) is 10.8 Å². The fraction of sp³-hybridized carbons (Fsp3) is 0.500. The lowest BCUT2D eigenvalue weighted by Gasteiger charge is -2.23. The van der Waals surface area contributed by atoms with Gasteiger partial charge in [0, 0.05) is 6.04 Å². The van der Waals surface area contributed by atoms with Crippen molar-refractivity contribution >= 4 is 11.6 Å². The third-order valence-corrected chi connectivity index (χ3v) is 3.20. The van der Waals surface area contributed by atoms with Crippen LogP contribution in [0.2, 0.25) is 5.02 Å². The number of hydrogen-bond acceptors (Lipinski definition) is 1. The molecule has 82 valence electrons. The molecule has 1 N–H and O–H groups in total. The first-order valence-electron chi connectivity index (χ1n) is 5.43. The van der Waals surface area contributed by atoms with Crippen molar-refractivity contribution in [3.05, 3.63) is 34.6 Å². The Balaban J connectivity index is 2.06. The molecule has 0 aromatic heterocycles. The first-order valence-corrected chi connectivity index (χ1v) is 5.81. The summed E-state index contributed by atoms with van der Waals surface area (Å²) >= 11 is 5.74. The summed E-state index contributed by atoms with van der Waals surface area (Å²) in [5.74, 6) is -0.258. The quantitative estimate of drug-likeness (QED) is 0.819. The number of halogens is 2. The van der Waals surface area contributed by atoms with Gasteiger partial charge in [0.1, 0.15) is 5.82 Å². The summed E-state index contributed by atoms with van der Waals surface area (Å²) in [6.45, 7) is 1.05. The van der Waals surface area contributed by atoms with Crippen LogP contribution >= 0.6 is 11.6 Å². The first kappa shape index (κ1) is 10.9. The van der Waals surface area contributed by atoms with E-state index in [0.29, 0.717) is 6.04 Å². The Morgan fingerprint density at radius 1 is 1.40 bits per heavy atom. The summed E-state index contributed by atoms with van der Waals surface area (Å²) in [6.07, 6.45) is 4.34. The molecule has 1 aromatic carbocycles. The van der Waals surface area contributed by atoms with Crippen molar-refractivity contribution in [2.75, 3.05) is 6.54 Å². The van der Waals surface area contributed by atoms with E-state index in [1.807, 2.05) is 12.1 Å². The van der Waals surface area contributed by atoms with Crippen LogP contribution in [0.15, 0.2) is 18.2 Å². The van der Waals surface area contributed by atoms with Gasteiger partial charge < -0.3 is 5.32 Å². The predicted octanol–water partition coefficient (Wildman–Crippen LogP) is 3.16. The SMILES string of the molecule is Fc1c(Cl)cccc1CC1CCCCN1. The lowest BCUT2D eigenvalue weighted by Crippen LogP contribution is -2.35. The molecule has 1 unspecified atom stereocenters. The summed E-state index contributed by atoms with van der Waals surface area (Å²) in [5.41, 5.74) is 0.724. The van der Waals surface area contributed by atoms with E-state index in [2.05, 4.69) is 5.32 Å². The summed E-state index contributed by atoms with van der Waals surface area (Å²) in [4.78, 5) is 0. The van der Waals surface area contributed by atoms with Gasteiger partial charge in [-0.1, -0.05) is 30.2 Å². The van der Waals surface area contributed by atoms with Gasteiger partial charge in [-0.3, -0.25) is 0 Å². The number of piperidine rings is 1. The highest BCUT2D eigenvalue weighted by atomic mass is 35.5. The van der Waals surface area contributed by atoms with E-state index >= 15 is 0 Å². The minimum absolute atomic E-state index is 0.225. The highest BCUT2D eigenvalue weighted by Crippen LogP contribution is 2.20. The molecule has 1 saturated heterocycles. The van der Waals surface area contributed by atoms with Gasteiger partial charge in [0.2, 0.25) is 0 Å². The van der Waals surface area contributed by atoms with E-state index in [1.165, 1.54) is 12.8 Å². The maximum Gasteiger partial charge on any atom is 0.145 e. The second-order valence-corrected chi connectivity index (χ2v) is 4.47. The van der Waals surface area contributed by atoms with Crippen LogP contribution in [0.3, 0.4) is 0 Å². The molecule has 1 fully saturated rings. The molecule has 0 aliphatic carbocycles. The second kappa shape index (κ2) is 4.95. The molecule has 0 saturated carbocycles. The van der Waals surface area contributed by atoms with Crippen molar-refractivity contribution in [2.45, 2.75) is 31.7 Å². The molecule has 1 aliphatic rings. The normalized spacial score (nSPS) is 21.6. The molecular formula is C12H15ClFN. The van der Waals surface area contributed by atoms with E-state index in [1.54, 1.807) is 6.07 Å². The molecule has 1 aromatic rings. The van der Waals surface area contributed by atoms with Gasteiger partial charge in [-0.05, 0) is 37.4 Å². The summed E-state index contributed by atoms with van der Waals surface area (Å²) in [5, 5.41) is 3.63. The van der Waals surface area contributed by atoms with Gasteiger partial charge in [0.15, 0.2) is 0 Å². The number of rotatable bonds is 2. The van der Waals surface area contributed by atoms with Crippen LogP contribution in [0.5, 0.6) is 0 Å². The van der Waals surface area contributed by atoms with Gasteiger partial charge in [0.05, 0.1) is 5.02 Å². The highest BCUT2D eigenvalue weighted by molar-refractivity contribution is 6.30. The Morgan fingerprint density at radius 3 is 3.00 bits per heavy atom. The lowest BCUT2D eigenvalue weighted by molar-refractivity contribution is 0.395. The second-order valence-electron chi connectivity index (χ2n) is 4.06. The number of hydrogen-bond donors (Lipinski definition) is 1. The first-order chi connectivity index (χ1) is 7.27. The Morgan fingerprint density at radius 2 is 2.27 bits per heavy atom. The standard InChI is InChI=1S/C12H15ClFN/c13-11-6-3-4-9(12(11)14)8-10-5-1-2-7-15-10/h3-4,6,10,15H,1-2,5,7-8H2. The average molecular weight is 228 g/mol. The van der Waals surface area contributed by atoms with Crippen LogP contribution in [0.25, 0.3) is 0 Å². The van der Waals surface area contributed by atoms with Gasteiger partial charge in [-0.25, -0.2) is 4.39 Å². The van der Waals surface area contributed by atoms with Crippen molar-refractivity contribution in [3.63, 3.8) is 0 Å². The largest absolute Gasteiger partial charge is 0.314 e. The van der Waals surface area contributed by atoms with E-state index in [0.717, 1.165) is 24.9 Å². The van der Waals surface area contributed by atoms with Crippen LogP contribution in [-0.4, -0.2) is 12.6 Å². The van der Waals surface area contributed by atoms with Gasteiger partial charge in [-0.2, -0.15) is 0 Å². The zero-order valence-electron chi connectivity index (χ0n) is 8.60. The van der Waals surface area contributed by atoms with Crippen LogP contribution in [0.4, 0.5) is 4.39 Å². The molecule has 15 heavy (non-hydrogen) atoms. The van der Waals surface area contributed by atoms with Crippen LogP contribution in [0, 0.1) is 5.82 Å². The molecule has 1 aliphatic heterocycles. The third-order valence-electron chi connectivity index (χ3n) is 2.91. The maximum absolute atomic E-state index is 13.6. The minimum Gasteiger partial charge on any atom is -0.314 e. The molecular weight excluding hydrogens is 213 g/mol. The number of benzene rings is 1.